The highest BCUT2D eigenvalue weighted by atomic mass is 16.5. The van der Waals surface area contributed by atoms with Crippen LogP contribution in [0.1, 0.15) is 33.9 Å². The van der Waals surface area contributed by atoms with Crippen LogP contribution in [0, 0.1) is 6.92 Å². The lowest BCUT2D eigenvalue weighted by Gasteiger charge is -2.21. The Morgan fingerprint density at radius 3 is 2.23 bits per heavy atom. The molecule has 1 N–H and O–H groups in total. The van der Waals surface area contributed by atoms with Crippen molar-refractivity contribution in [2.45, 2.75) is 19.4 Å². The lowest BCUT2D eigenvalue weighted by molar-refractivity contribution is 0.0976. The summed E-state index contributed by atoms with van der Waals surface area (Å²) in [6, 6.07) is 20.9. The van der Waals surface area contributed by atoms with E-state index in [1.165, 1.54) is 0 Å². The predicted molar refractivity (Wildman–Crippen MR) is 119 cm³/mol. The van der Waals surface area contributed by atoms with Gasteiger partial charge in [-0.3, -0.25) is 4.79 Å². The molecule has 0 bridgehead atoms. The SMILES string of the molecule is COc1ccc(C(CC(=O)c2ccc(OC)c(OC)c2)Nc2cccc(C)c2)cc1. The van der Waals surface area contributed by atoms with Crippen LogP contribution >= 0.6 is 0 Å². The van der Waals surface area contributed by atoms with Gasteiger partial charge in [-0.05, 0) is 60.5 Å². The second kappa shape index (κ2) is 9.83. The van der Waals surface area contributed by atoms with Gasteiger partial charge in [0, 0.05) is 17.7 Å². The lowest BCUT2D eigenvalue weighted by Crippen LogP contribution is -2.16. The molecule has 0 radical (unpaired) electrons. The zero-order valence-electron chi connectivity index (χ0n) is 17.8. The summed E-state index contributed by atoms with van der Waals surface area (Å²) in [6.45, 7) is 2.04. The third kappa shape index (κ3) is 5.11. The van der Waals surface area contributed by atoms with Crippen LogP contribution in [0.15, 0.2) is 66.7 Å². The van der Waals surface area contributed by atoms with Gasteiger partial charge < -0.3 is 19.5 Å². The van der Waals surface area contributed by atoms with E-state index in [4.69, 9.17) is 14.2 Å². The molecular formula is C25H27NO4. The first-order chi connectivity index (χ1) is 14.5. The third-order valence-corrected chi connectivity index (χ3v) is 4.97. The molecule has 3 aromatic rings. The second-order valence-corrected chi connectivity index (χ2v) is 7.04. The van der Waals surface area contributed by atoms with Gasteiger partial charge in [0.05, 0.1) is 27.4 Å². The van der Waals surface area contributed by atoms with Crippen LogP contribution in [0.25, 0.3) is 0 Å². The minimum absolute atomic E-state index is 0.0110. The first kappa shape index (κ1) is 21.2. The molecule has 0 aliphatic rings. The number of anilines is 1. The monoisotopic (exact) mass is 405 g/mol. The summed E-state index contributed by atoms with van der Waals surface area (Å²) in [4.78, 5) is 13.1. The summed E-state index contributed by atoms with van der Waals surface area (Å²) < 4.78 is 15.9. The van der Waals surface area contributed by atoms with E-state index in [1.807, 2.05) is 49.4 Å². The molecule has 0 amide bonds. The average molecular weight is 405 g/mol. The molecule has 3 rings (SSSR count). The van der Waals surface area contributed by atoms with Crippen LogP contribution in [0.4, 0.5) is 5.69 Å². The minimum atomic E-state index is -0.196. The van der Waals surface area contributed by atoms with Crippen molar-refractivity contribution in [3.63, 3.8) is 0 Å². The molecule has 0 saturated carbocycles. The van der Waals surface area contributed by atoms with Crippen molar-refractivity contribution < 1.29 is 19.0 Å². The Morgan fingerprint density at radius 2 is 1.60 bits per heavy atom. The summed E-state index contributed by atoms with van der Waals surface area (Å²) in [5.41, 5.74) is 3.71. The van der Waals surface area contributed by atoms with E-state index in [9.17, 15) is 4.79 Å². The first-order valence-corrected chi connectivity index (χ1v) is 9.76. The van der Waals surface area contributed by atoms with Crippen LogP contribution in [-0.2, 0) is 0 Å². The number of ketones is 1. The summed E-state index contributed by atoms with van der Waals surface area (Å²) in [7, 11) is 4.77. The molecule has 0 aliphatic heterocycles. The number of methoxy groups -OCH3 is 3. The minimum Gasteiger partial charge on any atom is -0.497 e. The zero-order chi connectivity index (χ0) is 21.5. The Bertz CT molecular complexity index is 998. The highest BCUT2D eigenvalue weighted by molar-refractivity contribution is 5.97. The normalized spacial score (nSPS) is 11.5. The Morgan fingerprint density at radius 1 is 0.867 bits per heavy atom. The summed E-state index contributed by atoms with van der Waals surface area (Å²) in [6.07, 6.45) is 0.287. The van der Waals surface area contributed by atoms with Gasteiger partial charge in [-0.25, -0.2) is 0 Å². The Labute approximate surface area is 177 Å². The maximum atomic E-state index is 13.1. The number of benzene rings is 3. The van der Waals surface area contributed by atoms with Crippen LogP contribution in [0.5, 0.6) is 17.2 Å². The van der Waals surface area contributed by atoms with Crippen molar-refractivity contribution in [1.29, 1.82) is 0 Å². The van der Waals surface area contributed by atoms with E-state index < -0.39 is 0 Å². The Balaban J connectivity index is 1.88. The molecule has 5 nitrogen and oxygen atoms in total. The predicted octanol–water partition coefficient (Wildman–Crippen LogP) is 5.45. The number of carbonyl (C=O) groups excluding carboxylic acids is 1. The van der Waals surface area contributed by atoms with E-state index in [-0.39, 0.29) is 18.2 Å². The van der Waals surface area contributed by atoms with E-state index in [2.05, 4.69) is 11.4 Å². The van der Waals surface area contributed by atoms with Gasteiger partial charge >= 0.3 is 0 Å². The standard InChI is InChI=1S/C25H27NO4/c1-17-6-5-7-20(14-17)26-22(18-8-11-21(28-2)12-9-18)16-23(27)19-10-13-24(29-3)25(15-19)30-4/h5-15,22,26H,16H2,1-4H3. The Hall–Kier alpha value is -3.47. The second-order valence-electron chi connectivity index (χ2n) is 7.04. The molecule has 1 atom stereocenters. The number of rotatable bonds is 9. The highest BCUT2D eigenvalue weighted by Crippen LogP contribution is 2.30. The number of nitrogens with one attached hydrogen (secondary N) is 1. The molecule has 30 heavy (non-hydrogen) atoms. The third-order valence-electron chi connectivity index (χ3n) is 4.97. The molecule has 0 heterocycles. The van der Waals surface area contributed by atoms with Crippen LogP contribution in [-0.4, -0.2) is 27.1 Å². The van der Waals surface area contributed by atoms with Crippen molar-refractivity contribution >= 4 is 11.5 Å². The smallest absolute Gasteiger partial charge is 0.165 e. The van der Waals surface area contributed by atoms with Gasteiger partial charge in [0.2, 0.25) is 0 Å². The first-order valence-electron chi connectivity index (χ1n) is 9.76. The molecule has 0 aliphatic carbocycles. The van der Waals surface area contributed by atoms with Crippen LogP contribution in [0.2, 0.25) is 0 Å². The van der Waals surface area contributed by atoms with Crippen molar-refractivity contribution in [1.82, 2.24) is 0 Å². The van der Waals surface area contributed by atoms with Crippen molar-refractivity contribution in [2.24, 2.45) is 0 Å². The van der Waals surface area contributed by atoms with Crippen LogP contribution < -0.4 is 19.5 Å². The number of Topliss-reactive ketones (excluding diaryl/α,β-unsaturated/α-hetero) is 1. The zero-order valence-corrected chi connectivity index (χ0v) is 17.8. The Kier molecular flexibility index (Phi) is 6.96. The van der Waals surface area contributed by atoms with Crippen molar-refractivity contribution in [2.75, 3.05) is 26.6 Å². The van der Waals surface area contributed by atoms with Gasteiger partial charge in [0.1, 0.15) is 5.75 Å². The number of ether oxygens (including phenoxy) is 3. The van der Waals surface area contributed by atoms with E-state index in [0.717, 1.165) is 22.6 Å². The maximum absolute atomic E-state index is 13.1. The van der Waals surface area contributed by atoms with Gasteiger partial charge in [-0.1, -0.05) is 24.3 Å². The summed E-state index contributed by atoms with van der Waals surface area (Å²) in [5.74, 6) is 1.92. The molecule has 0 fully saturated rings. The van der Waals surface area contributed by atoms with Gasteiger partial charge in [-0.15, -0.1) is 0 Å². The molecular weight excluding hydrogens is 378 g/mol. The van der Waals surface area contributed by atoms with E-state index >= 15 is 0 Å². The number of carbonyl (C=O) groups is 1. The fourth-order valence-electron chi connectivity index (χ4n) is 3.34. The lowest BCUT2D eigenvalue weighted by atomic mass is 9.97. The quantitative estimate of drug-likeness (QED) is 0.480. The highest BCUT2D eigenvalue weighted by Gasteiger charge is 2.19. The van der Waals surface area contributed by atoms with Crippen molar-refractivity contribution in [3.8, 4) is 17.2 Å². The summed E-state index contributed by atoms with van der Waals surface area (Å²) in [5, 5.41) is 3.51. The molecule has 0 saturated heterocycles. The fourth-order valence-corrected chi connectivity index (χ4v) is 3.34. The topological polar surface area (TPSA) is 56.8 Å². The molecule has 0 aromatic heterocycles. The summed E-state index contributed by atoms with van der Waals surface area (Å²) >= 11 is 0. The molecule has 3 aromatic carbocycles. The molecule has 0 spiro atoms. The maximum Gasteiger partial charge on any atom is 0.165 e. The van der Waals surface area contributed by atoms with Crippen molar-refractivity contribution in [3.05, 3.63) is 83.4 Å². The number of aryl methyl sites for hydroxylation is 1. The molecule has 5 heteroatoms. The van der Waals surface area contributed by atoms with E-state index in [0.29, 0.717) is 17.1 Å². The number of hydrogen-bond acceptors (Lipinski definition) is 5. The van der Waals surface area contributed by atoms with Crippen LogP contribution in [0.3, 0.4) is 0 Å². The number of hydrogen-bond donors (Lipinski definition) is 1. The van der Waals surface area contributed by atoms with Gasteiger partial charge in [0.25, 0.3) is 0 Å². The van der Waals surface area contributed by atoms with Gasteiger partial charge in [0.15, 0.2) is 17.3 Å². The molecule has 1 unspecified atom stereocenters. The van der Waals surface area contributed by atoms with Gasteiger partial charge in [-0.2, -0.15) is 0 Å². The van der Waals surface area contributed by atoms with E-state index in [1.54, 1.807) is 39.5 Å². The fraction of sp³-hybridized carbons (Fsp3) is 0.240. The largest absolute Gasteiger partial charge is 0.497 e. The average Bonchev–Trinajstić information content (AvgIpc) is 2.78. The molecule has 156 valence electrons.